The van der Waals surface area contributed by atoms with Crippen molar-refractivity contribution in [1.82, 2.24) is 0 Å². The van der Waals surface area contributed by atoms with Gasteiger partial charge in [0.25, 0.3) is 0 Å². The zero-order valence-corrected chi connectivity index (χ0v) is 20.4. The molecular formula is C36H25N. The van der Waals surface area contributed by atoms with E-state index in [0.717, 1.165) is 11.4 Å². The molecule has 1 nitrogen and oxygen atoms in total. The summed E-state index contributed by atoms with van der Waals surface area (Å²) in [5.74, 6) is 0. The molecule has 0 aliphatic heterocycles. The van der Waals surface area contributed by atoms with Crippen LogP contribution in [-0.4, -0.2) is 0 Å². The van der Waals surface area contributed by atoms with Crippen LogP contribution in [0, 0.1) is 0 Å². The zero-order valence-electron chi connectivity index (χ0n) is 20.4. The van der Waals surface area contributed by atoms with Gasteiger partial charge in [-0.05, 0) is 84.9 Å². The quantitative estimate of drug-likeness (QED) is 0.252. The molecule has 0 saturated carbocycles. The van der Waals surface area contributed by atoms with E-state index in [1.165, 1.54) is 54.6 Å². The standard InChI is InChI=1S/C36H25N/c1-2-6-25(7-3-1)26-10-17-31(18-11-26)37-32-19-12-27(13-20-32)29-15-21-34-30(24-29)16-23-35-33-9-5-4-8-28(33)14-22-36(34)35/h1-24,37H. The van der Waals surface area contributed by atoms with Gasteiger partial charge in [0.1, 0.15) is 0 Å². The van der Waals surface area contributed by atoms with Gasteiger partial charge in [-0.2, -0.15) is 0 Å². The van der Waals surface area contributed by atoms with E-state index in [9.17, 15) is 0 Å². The van der Waals surface area contributed by atoms with E-state index >= 15 is 0 Å². The Morgan fingerprint density at radius 1 is 0.297 bits per heavy atom. The Bertz CT molecular complexity index is 1870. The lowest BCUT2D eigenvalue weighted by molar-refractivity contribution is 1.54. The van der Waals surface area contributed by atoms with Gasteiger partial charge in [0, 0.05) is 11.4 Å². The predicted octanol–water partition coefficient (Wildman–Crippen LogP) is 10.2. The van der Waals surface area contributed by atoms with Crippen molar-refractivity contribution in [3.05, 3.63) is 146 Å². The molecule has 7 aromatic carbocycles. The first-order valence-corrected chi connectivity index (χ1v) is 12.7. The van der Waals surface area contributed by atoms with Gasteiger partial charge in [0.15, 0.2) is 0 Å². The molecule has 0 atom stereocenters. The second kappa shape index (κ2) is 8.96. The minimum atomic E-state index is 1.08. The van der Waals surface area contributed by atoms with Crippen LogP contribution in [0.25, 0.3) is 54.6 Å². The topological polar surface area (TPSA) is 12.0 Å². The van der Waals surface area contributed by atoms with Gasteiger partial charge < -0.3 is 5.32 Å². The molecule has 174 valence electrons. The van der Waals surface area contributed by atoms with Crippen molar-refractivity contribution < 1.29 is 0 Å². The molecule has 0 unspecified atom stereocenters. The highest BCUT2D eigenvalue weighted by Crippen LogP contribution is 2.34. The third kappa shape index (κ3) is 4.01. The normalized spacial score (nSPS) is 11.2. The number of fused-ring (bicyclic) bond motifs is 5. The lowest BCUT2D eigenvalue weighted by atomic mass is 9.95. The number of rotatable bonds is 4. The average molecular weight is 472 g/mol. The van der Waals surface area contributed by atoms with Crippen LogP contribution in [0.2, 0.25) is 0 Å². The van der Waals surface area contributed by atoms with Crippen LogP contribution >= 0.6 is 0 Å². The van der Waals surface area contributed by atoms with Crippen molar-refractivity contribution >= 4 is 43.7 Å². The number of nitrogens with one attached hydrogen (secondary N) is 1. The second-order valence-corrected chi connectivity index (χ2v) is 9.53. The van der Waals surface area contributed by atoms with E-state index in [-0.39, 0.29) is 0 Å². The molecule has 0 aliphatic rings. The van der Waals surface area contributed by atoms with E-state index in [2.05, 4.69) is 145 Å². The molecule has 0 aliphatic carbocycles. The molecule has 0 radical (unpaired) electrons. The SMILES string of the molecule is c1ccc(-c2ccc(Nc3ccc(-c4ccc5c(ccc6c7ccccc7ccc56)c4)cc3)cc2)cc1. The van der Waals surface area contributed by atoms with Crippen molar-refractivity contribution in [1.29, 1.82) is 0 Å². The van der Waals surface area contributed by atoms with Crippen LogP contribution in [-0.2, 0) is 0 Å². The largest absolute Gasteiger partial charge is 0.356 e. The molecule has 7 aromatic rings. The third-order valence-corrected chi connectivity index (χ3v) is 7.24. The number of anilines is 2. The summed E-state index contributed by atoms with van der Waals surface area (Å²) >= 11 is 0. The number of benzene rings is 7. The zero-order chi connectivity index (χ0) is 24.6. The van der Waals surface area contributed by atoms with E-state index < -0.39 is 0 Å². The molecule has 0 saturated heterocycles. The van der Waals surface area contributed by atoms with Crippen LogP contribution in [0.3, 0.4) is 0 Å². The van der Waals surface area contributed by atoms with E-state index in [4.69, 9.17) is 0 Å². The maximum Gasteiger partial charge on any atom is 0.0384 e. The highest BCUT2D eigenvalue weighted by molar-refractivity contribution is 6.17. The van der Waals surface area contributed by atoms with Crippen LogP contribution in [0.15, 0.2) is 146 Å². The van der Waals surface area contributed by atoms with Gasteiger partial charge in [-0.15, -0.1) is 0 Å². The number of hydrogen-bond acceptors (Lipinski definition) is 1. The summed E-state index contributed by atoms with van der Waals surface area (Å²) < 4.78 is 0. The average Bonchev–Trinajstić information content (AvgIpc) is 2.98. The predicted molar refractivity (Wildman–Crippen MR) is 160 cm³/mol. The Balaban J connectivity index is 1.15. The lowest BCUT2D eigenvalue weighted by Gasteiger charge is -2.11. The van der Waals surface area contributed by atoms with Crippen molar-refractivity contribution in [2.24, 2.45) is 0 Å². The smallest absolute Gasteiger partial charge is 0.0384 e. The highest BCUT2D eigenvalue weighted by Gasteiger charge is 2.07. The van der Waals surface area contributed by atoms with Gasteiger partial charge in [-0.1, -0.05) is 115 Å². The summed E-state index contributed by atoms with van der Waals surface area (Å²) in [6.45, 7) is 0. The fourth-order valence-electron chi connectivity index (χ4n) is 5.30. The fraction of sp³-hybridized carbons (Fsp3) is 0. The van der Waals surface area contributed by atoms with Gasteiger partial charge in [0.05, 0.1) is 0 Å². The minimum absolute atomic E-state index is 1.08. The monoisotopic (exact) mass is 471 g/mol. The molecule has 0 heterocycles. The fourth-order valence-corrected chi connectivity index (χ4v) is 5.30. The Kier molecular flexibility index (Phi) is 5.19. The van der Waals surface area contributed by atoms with Crippen molar-refractivity contribution in [2.75, 3.05) is 5.32 Å². The molecule has 0 amide bonds. The Labute approximate surface area is 216 Å². The summed E-state index contributed by atoms with van der Waals surface area (Å²) in [6.07, 6.45) is 0. The van der Waals surface area contributed by atoms with Crippen LogP contribution in [0.5, 0.6) is 0 Å². The second-order valence-electron chi connectivity index (χ2n) is 9.53. The molecule has 1 N–H and O–H groups in total. The Hall–Kier alpha value is -4.88. The summed E-state index contributed by atoms with van der Waals surface area (Å²) in [7, 11) is 0. The van der Waals surface area contributed by atoms with Gasteiger partial charge in [-0.25, -0.2) is 0 Å². The van der Waals surface area contributed by atoms with Crippen LogP contribution in [0.4, 0.5) is 11.4 Å². The van der Waals surface area contributed by atoms with Crippen molar-refractivity contribution in [2.45, 2.75) is 0 Å². The van der Waals surface area contributed by atoms with Crippen molar-refractivity contribution in [3.63, 3.8) is 0 Å². The Morgan fingerprint density at radius 3 is 1.49 bits per heavy atom. The van der Waals surface area contributed by atoms with E-state index in [1.807, 2.05) is 6.07 Å². The minimum Gasteiger partial charge on any atom is -0.356 e. The van der Waals surface area contributed by atoms with E-state index in [0.29, 0.717) is 0 Å². The van der Waals surface area contributed by atoms with Crippen LogP contribution in [0.1, 0.15) is 0 Å². The van der Waals surface area contributed by atoms with Gasteiger partial charge in [-0.3, -0.25) is 0 Å². The molecule has 1 heteroatoms. The maximum atomic E-state index is 3.53. The summed E-state index contributed by atoms with van der Waals surface area (Å²) in [4.78, 5) is 0. The summed E-state index contributed by atoms with van der Waals surface area (Å²) in [5.41, 5.74) is 7.05. The summed E-state index contributed by atoms with van der Waals surface area (Å²) in [6, 6.07) is 52.2. The van der Waals surface area contributed by atoms with Crippen LogP contribution < -0.4 is 5.32 Å². The molecule has 0 aromatic heterocycles. The van der Waals surface area contributed by atoms with E-state index in [1.54, 1.807) is 0 Å². The molecular weight excluding hydrogens is 446 g/mol. The van der Waals surface area contributed by atoms with Gasteiger partial charge >= 0.3 is 0 Å². The first-order chi connectivity index (χ1) is 18.3. The van der Waals surface area contributed by atoms with Gasteiger partial charge in [0.2, 0.25) is 0 Å². The first-order valence-electron chi connectivity index (χ1n) is 12.7. The molecule has 0 spiro atoms. The molecule has 0 fully saturated rings. The number of hydrogen-bond donors (Lipinski definition) is 1. The maximum absolute atomic E-state index is 3.53. The third-order valence-electron chi connectivity index (χ3n) is 7.24. The molecule has 0 bridgehead atoms. The summed E-state index contributed by atoms with van der Waals surface area (Å²) in [5, 5.41) is 11.3. The lowest BCUT2D eigenvalue weighted by Crippen LogP contribution is -1.90. The first kappa shape index (κ1) is 21.4. The Morgan fingerprint density at radius 2 is 0.784 bits per heavy atom. The molecule has 37 heavy (non-hydrogen) atoms. The van der Waals surface area contributed by atoms with Crippen molar-refractivity contribution in [3.8, 4) is 22.3 Å². The highest BCUT2D eigenvalue weighted by atomic mass is 14.9. The molecule has 7 rings (SSSR count).